The minimum atomic E-state index is -3.25. The van der Waals surface area contributed by atoms with Gasteiger partial charge in [-0.3, -0.25) is 5.32 Å². The highest BCUT2D eigenvalue weighted by Gasteiger charge is 2.35. The van der Waals surface area contributed by atoms with Crippen molar-refractivity contribution in [3.8, 4) is 0 Å². The van der Waals surface area contributed by atoms with Crippen LogP contribution in [0.15, 0.2) is 0 Å². The summed E-state index contributed by atoms with van der Waals surface area (Å²) in [5, 5.41) is 2.76. The standard InChI is InChI=1S/C14H21N3O4S2/c1-21-14(18)16-13-15-11-7-8-17(9-12(11)22-13)23(19,20)10-5-3-2-4-6-10/h10H,2-9H2,1H3,(H,15,16,18). The van der Waals surface area contributed by atoms with E-state index < -0.39 is 16.1 Å². The van der Waals surface area contributed by atoms with E-state index in [0.717, 1.165) is 42.7 Å². The first-order chi connectivity index (χ1) is 11.0. The monoisotopic (exact) mass is 359 g/mol. The topological polar surface area (TPSA) is 88.6 Å². The Balaban J connectivity index is 1.73. The lowest BCUT2D eigenvalue weighted by molar-refractivity contribution is 0.187. The van der Waals surface area contributed by atoms with Crippen molar-refractivity contribution in [1.29, 1.82) is 0 Å². The highest BCUT2D eigenvalue weighted by Crippen LogP contribution is 2.33. The van der Waals surface area contributed by atoms with Crippen molar-refractivity contribution in [2.24, 2.45) is 0 Å². The largest absolute Gasteiger partial charge is 0.453 e. The molecule has 1 aliphatic heterocycles. The SMILES string of the molecule is COC(=O)Nc1nc2c(s1)CN(S(=O)(=O)C1CCCCC1)CC2. The fourth-order valence-corrected chi connectivity index (χ4v) is 6.25. The molecule has 23 heavy (non-hydrogen) atoms. The Kier molecular flexibility index (Phi) is 4.88. The number of carbonyl (C=O) groups excluding carboxylic acids is 1. The van der Waals surface area contributed by atoms with Crippen LogP contribution in [0.4, 0.5) is 9.93 Å². The van der Waals surface area contributed by atoms with Crippen LogP contribution >= 0.6 is 11.3 Å². The molecule has 2 aliphatic rings. The van der Waals surface area contributed by atoms with Crippen LogP contribution in [-0.4, -0.2) is 42.7 Å². The van der Waals surface area contributed by atoms with Gasteiger partial charge in [0.05, 0.1) is 18.1 Å². The lowest BCUT2D eigenvalue weighted by atomic mass is 10.0. The van der Waals surface area contributed by atoms with Crippen LogP contribution in [0, 0.1) is 0 Å². The smallest absolute Gasteiger partial charge is 0.413 e. The van der Waals surface area contributed by atoms with Gasteiger partial charge in [0.15, 0.2) is 5.13 Å². The van der Waals surface area contributed by atoms with Crippen LogP contribution in [0.25, 0.3) is 0 Å². The molecule has 1 aromatic heterocycles. The number of ether oxygens (including phenoxy) is 1. The molecule has 3 rings (SSSR count). The summed E-state index contributed by atoms with van der Waals surface area (Å²) >= 11 is 1.32. The number of methoxy groups -OCH3 is 1. The van der Waals surface area contributed by atoms with Gasteiger partial charge in [0, 0.05) is 24.4 Å². The lowest BCUT2D eigenvalue weighted by Gasteiger charge is -2.31. The summed E-state index contributed by atoms with van der Waals surface area (Å²) < 4.78 is 31.7. The predicted molar refractivity (Wildman–Crippen MR) is 88.0 cm³/mol. The molecule has 0 spiro atoms. The van der Waals surface area contributed by atoms with Crippen molar-refractivity contribution >= 4 is 32.6 Å². The van der Waals surface area contributed by atoms with Crippen molar-refractivity contribution in [2.45, 2.75) is 50.3 Å². The number of thiazole rings is 1. The Morgan fingerprint density at radius 3 is 2.78 bits per heavy atom. The van der Waals surface area contributed by atoms with Crippen molar-refractivity contribution in [3.05, 3.63) is 10.6 Å². The summed E-state index contributed by atoms with van der Waals surface area (Å²) in [7, 11) is -1.95. The first-order valence-corrected chi connectivity index (χ1v) is 10.1. The van der Waals surface area contributed by atoms with Crippen molar-refractivity contribution in [1.82, 2.24) is 9.29 Å². The number of amides is 1. The third-order valence-corrected chi connectivity index (χ3v) is 7.77. The number of aromatic nitrogens is 1. The van der Waals surface area contributed by atoms with Crippen LogP contribution in [0.3, 0.4) is 0 Å². The molecule has 1 saturated carbocycles. The molecule has 0 atom stereocenters. The second kappa shape index (κ2) is 6.74. The van der Waals surface area contributed by atoms with Gasteiger partial charge < -0.3 is 4.74 Å². The van der Waals surface area contributed by atoms with Crippen molar-refractivity contribution in [3.63, 3.8) is 0 Å². The number of nitrogens with zero attached hydrogens (tertiary/aromatic N) is 2. The summed E-state index contributed by atoms with van der Waals surface area (Å²) in [5.74, 6) is 0. The average molecular weight is 359 g/mol. The molecule has 0 saturated heterocycles. The Morgan fingerprint density at radius 1 is 1.35 bits per heavy atom. The summed E-state index contributed by atoms with van der Waals surface area (Å²) in [4.78, 5) is 16.5. The van der Waals surface area contributed by atoms with E-state index in [0.29, 0.717) is 24.6 Å². The van der Waals surface area contributed by atoms with Gasteiger partial charge in [0.2, 0.25) is 10.0 Å². The van der Waals surface area contributed by atoms with E-state index in [-0.39, 0.29) is 5.25 Å². The summed E-state index contributed by atoms with van der Waals surface area (Å²) in [5.41, 5.74) is 0.872. The Morgan fingerprint density at radius 2 is 2.09 bits per heavy atom. The minimum absolute atomic E-state index is 0.238. The molecule has 128 valence electrons. The zero-order valence-electron chi connectivity index (χ0n) is 13.1. The van der Waals surface area contributed by atoms with Crippen LogP contribution in [0.5, 0.6) is 0 Å². The van der Waals surface area contributed by atoms with Gasteiger partial charge in [-0.25, -0.2) is 18.2 Å². The van der Waals surface area contributed by atoms with Crippen molar-refractivity contribution < 1.29 is 17.9 Å². The second-order valence-corrected chi connectivity index (χ2v) is 9.19. The zero-order valence-corrected chi connectivity index (χ0v) is 14.7. The van der Waals surface area contributed by atoms with Gasteiger partial charge in [-0.15, -0.1) is 0 Å². The van der Waals surface area contributed by atoms with Crippen LogP contribution in [0.1, 0.15) is 42.7 Å². The molecule has 1 aliphatic carbocycles. The lowest BCUT2D eigenvalue weighted by Crippen LogP contribution is -2.42. The number of anilines is 1. The highest BCUT2D eigenvalue weighted by atomic mass is 32.2. The van der Waals surface area contributed by atoms with Gasteiger partial charge in [-0.2, -0.15) is 4.31 Å². The first-order valence-electron chi connectivity index (χ1n) is 7.83. The molecule has 0 bridgehead atoms. The molecular formula is C14H21N3O4S2. The Bertz CT molecular complexity index is 680. The Labute approximate surface area is 140 Å². The van der Waals surface area contributed by atoms with Gasteiger partial charge in [-0.05, 0) is 12.8 Å². The normalized spacial score (nSPS) is 20.0. The number of fused-ring (bicyclic) bond motifs is 1. The average Bonchev–Trinajstić information content (AvgIpc) is 2.96. The molecule has 0 aromatic carbocycles. The zero-order chi connectivity index (χ0) is 16.4. The van der Waals surface area contributed by atoms with Gasteiger partial charge >= 0.3 is 6.09 Å². The van der Waals surface area contributed by atoms with E-state index in [9.17, 15) is 13.2 Å². The van der Waals surface area contributed by atoms with E-state index in [1.807, 2.05) is 0 Å². The van der Waals surface area contributed by atoms with Gasteiger partial charge in [0.25, 0.3) is 0 Å². The maximum absolute atomic E-state index is 12.8. The number of carbonyl (C=O) groups is 1. The fraction of sp³-hybridized carbons (Fsp3) is 0.714. The van der Waals surface area contributed by atoms with Crippen molar-refractivity contribution in [2.75, 3.05) is 19.0 Å². The first kappa shape index (κ1) is 16.7. The molecule has 1 fully saturated rings. The minimum Gasteiger partial charge on any atom is -0.453 e. The van der Waals surface area contributed by atoms with Crippen LogP contribution in [0.2, 0.25) is 0 Å². The molecule has 1 N–H and O–H groups in total. The summed E-state index contributed by atoms with van der Waals surface area (Å²) in [6, 6.07) is 0. The van der Waals surface area contributed by atoms with Crippen LogP contribution in [-0.2, 0) is 27.7 Å². The molecule has 2 heterocycles. The number of hydrogen-bond donors (Lipinski definition) is 1. The Hall–Kier alpha value is -1.19. The second-order valence-electron chi connectivity index (χ2n) is 5.89. The predicted octanol–water partition coefficient (Wildman–Crippen LogP) is 2.34. The molecular weight excluding hydrogens is 338 g/mol. The number of nitrogens with one attached hydrogen (secondary N) is 1. The summed E-state index contributed by atoms with van der Waals surface area (Å²) in [6.07, 6.45) is 4.68. The quantitative estimate of drug-likeness (QED) is 0.895. The van der Waals surface area contributed by atoms with Gasteiger partial charge in [-0.1, -0.05) is 30.6 Å². The number of hydrogen-bond acceptors (Lipinski definition) is 6. The molecule has 1 aromatic rings. The number of sulfonamides is 1. The molecule has 9 heteroatoms. The maximum Gasteiger partial charge on any atom is 0.413 e. The summed E-state index contributed by atoms with van der Waals surface area (Å²) in [6.45, 7) is 0.821. The molecule has 0 unspecified atom stereocenters. The fourth-order valence-electron chi connectivity index (χ4n) is 3.15. The highest BCUT2D eigenvalue weighted by molar-refractivity contribution is 7.89. The molecule has 0 radical (unpaired) electrons. The molecule has 7 nitrogen and oxygen atoms in total. The van der Waals surface area contributed by atoms with E-state index >= 15 is 0 Å². The van der Waals surface area contributed by atoms with Crippen LogP contribution < -0.4 is 5.32 Å². The molecule has 1 amide bonds. The third kappa shape index (κ3) is 3.51. The maximum atomic E-state index is 12.8. The van der Waals surface area contributed by atoms with E-state index in [1.54, 1.807) is 4.31 Å². The third-order valence-electron chi connectivity index (χ3n) is 4.42. The van der Waals surface area contributed by atoms with E-state index in [1.165, 1.54) is 18.4 Å². The van der Waals surface area contributed by atoms with E-state index in [2.05, 4.69) is 15.0 Å². The number of rotatable bonds is 3. The van der Waals surface area contributed by atoms with E-state index in [4.69, 9.17) is 0 Å². The van der Waals surface area contributed by atoms with Gasteiger partial charge in [0.1, 0.15) is 0 Å².